The van der Waals surface area contributed by atoms with Crippen molar-refractivity contribution >= 4 is 16.0 Å². The van der Waals surface area contributed by atoms with Crippen LogP contribution in [-0.2, 0) is 10.0 Å². The van der Waals surface area contributed by atoms with Gasteiger partial charge in [-0.1, -0.05) is 45.4 Å². The highest BCUT2D eigenvalue weighted by Crippen LogP contribution is 2.19. The first-order valence-corrected chi connectivity index (χ1v) is 12.3. The molecule has 0 saturated carbocycles. The first kappa shape index (κ1) is 23.2. The molecule has 1 aliphatic heterocycles. The minimum atomic E-state index is -3.04. The molecule has 0 bridgehead atoms. The quantitative estimate of drug-likeness (QED) is 0.306. The number of hydrogen-bond acceptors (Lipinski definition) is 3. The first-order valence-electron chi connectivity index (χ1n) is 10.4. The van der Waals surface area contributed by atoms with Crippen LogP contribution in [0.25, 0.3) is 0 Å². The molecule has 0 aliphatic carbocycles. The lowest BCUT2D eigenvalue weighted by atomic mass is 9.98. The Balaban J connectivity index is 2.23. The molecule has 0 aromatic rings. The molecule has 1 aliphatic rings. The monoisotopic (exact) mass is 388 g/mol. The predicted molar refractivity (Wildman–Crippen MR) is 111 cm³/mol. The molecule has 0 aromatic carbocycles. The number of nitrogens with one attached hydrogen (secondary N) is 2. The van der Waals surface area contributed by atoms with E-state index >= 15 is 0 Å². The summed E-state index contributed by atoms with van der Waals surface area (Å²) in [5, 5.41) is 6.73. The molecule has 6 nitrogen and oxygen atoms in total. The number of nitrogens with zero attached hydrogens (tertiary/aromatic N) is 2. The fourth-order valence-corrected chi connectivity index (χ4v) is 4.15. The maximum absolute atomic E-state index is 11.6. The van der Waals surface area contributed by atoms with Gasteiger partial charge in [-0.05, 0) is 32.1 Å². The molecule has 0 unspecified atom stereocenters. The lowest BCUT2D eigenvalue weighted by Crippen LogP contribution is -2.40. The average Bonchev–Trinajstić information content (AvgIpc) is 2.61. The molecular weight excluding hydrogens is 348 g/mol. The largest absolute Gasteiger partial charge is 0.357 e. The highest BCUT2D eigenvalue weighted by Gasteiger charge is 2.24. The van der Waals surface area contributed by atoms with E-state index in [1.807, 2.05) is 0 Å². The predicted octanol–water partition coefficient (Wildman–Crippen LogP) is 2.96. The Kier molecular flexibility index (Phi) is 11.9. The third-order valence-corrected chi connectivity index (χ3v) is 6.27. The summed E-state index contributed by atoms with van der Waals surface area (Å²) < 4.78 is 24.7. The van der Waals surface area contributed by atoms with E-state index in [2.05, 4.69) is 24.5 Å². The summed E-state index contributed by atoms with van der Waals surface area (Å²) in [7, 11) is -3.04. The highest BCUT2D eigenvalue weighted by molar-refractivity contribution is 7.88. The van der Waals surface area contributed by atoms with E-state index in [1.54, 1.807) is 4.31 Å². The third kappa shape index (κ3) is 10.4. The van der Waals surface area contributed by atoms with Crippen molar-refractivity contribution in [2.75, 3.05) is 39.0 Å². The van der Waals surface area contributed by atoms with Crippen LogP contribution in [0.2, 0.25) is 0 Å². The van der Waals surface area contributed by atoms with Crippen molar-refractivity contribution in [3.8, 4) is 0 Å². The zero-order valence-electron chi connectivity index (χ0n) is 17.1. The molecule has 154 valence electrons. The number of guanidine groups is 1. The Bertz CT molecular complexity index is 486. The lowest BCUT2D eigenvalue weighted by molar-refractivity contribution is 0.280. The van der Waals surface area contributed by atoms with E-state index in [4.69, 9.17) is 4.99 Å². The number of rotatable bonds is 12. The summed E-state index contributed by atoms with van der Waals surface area (Å²) in [6.45, 7) is 8.17. The second-order valence-corrected chi connectivity index (χ2v) is 9.36. The van der Waals surface area contributed by atoms with Crippen LogP contribution in [0, 0.1) is 5.92 Å². The lowest BCUT2D eigenvalue weighted by Gasteiger charge is -2.29. The second-order valence-electron chi connectivity index (χ2n) is 7.37. The maximum atomic E-state index is 11.6. The minimum absolute atomic E-state index is 0.474. The van der Waals surface area contributed by atoms with Crippen molar-refractivity contribution in [3.63, 3.8) is 0 Å². The van der Waals surface area contributed by atoms with E-state index in [-0.39, 0.29) is 0 Å². The summed E-state index contributed by atoms with van der Waals surface area (Å²) in [5.41, 5.74) is 0. The van der Waals surface area contributed by atoms with Crippen LogP contribution in [0.3, 0.4) is 0 Å². The molecule has 26 heavy (non-hydrogen) atoms. The smallest absolute Gasteiger partial charge is 0.211 e. The van der Waals surface area contributed by atoms with Crippen molar-refractivity contribution in [3.05, 3.63) is 0 Å². The molecule has 0 radical (unpaired) electrons. The molecule has 1 heterocycles. The van der Waals surface area contributed by atoms with Gasteiger partial charge in [0.2, 0.25) is 10.0 Å². The molecule has 7 heteroatoms. The molecule has 0 spiro atoms. The highest BCUT2D eigenvalue weighted by atomic mass is 32.2. The van der Waals surface area contributed by atoms with Crippen LogP contribution in [0.4, 0.5) is 0 Å². The summed E-state index contributed by atoms with van der Waals surface area (Å²) >= 11 is 0. The third-order valence-electron chi connectivity index (χ3n) is 4.97. The molecule has 1 saturated heterocycles. The second kappa shape index (κ2) is 13.4. The van der Waals surface area contributed by atoms with Crippen molar-refractivity contribution < 1.29 is 8.42 Å². The Morgan fingerprint density at radius 1 is 1.00 bits per heavy atom. The van der Waals surface area contributed by atoms with Crippen LogP contribution in [0.5, 0.6) is 0 Å². The maximum Gasteiger partial charge on any atom is 0.211 e. The van der Waals surface area contributed by atoms with Gasteiger partial charge in [0.15, 0.2) is 5.96 Å². The Morgan fingerprint density at radius 2 is 1.62 bits per heavy atom. The van der Waals surface area contributed by atoms with Crippen LogP contribution in [0.1, 0.15) is 71.6 Å². The Labute approximate surface area is 161 Å². The van der Waals surface area contributed by atoms with Crippen LogP contribution in [0.15, 0.2) is 4.99 Å². The molecule has 1 rings (SSSR count). The Hall–Kier alpha value is -0.820. The molecule has 2 N–H and O–H groups in total. The van der Waals surface area contributed by atoms with E-state index in [0.29, 0.717) is 19.0 Å². The average molecular weight is 389 g/mol. The molecule has 0 aromatic heterocycles. The fourth-order valence-electron chi connectivity index (χ4n) is 3.27. The number of unbranched alkanes of at least 4 members (excludes halogenated alkanes) is 6. The SMILES string of the molecule is CCCCCCCCCNC(=NCC1CCN(S(C)(=O)=O)CC1)NCC. The van der Waals surface area contributed by atoms with Crippen molar-refractivity contribution in [2.24, 2.45) is 10.9 Å². The zero-order chi connectivity index (χ0) is 19.3. The van der Waals surface area contributed by atoms with Gasteiger partial charge in [-0.25, -0.2) is 12.7 Å². The Morgan fingerprint density at radius 3 is 2.19 bits per heavy atom. The van der Waals surface area contributed by atoms with Gasteiger partial charge in [0.05, 0.1) is 6.26 Å². The molecule has 0 amide bonds. The van der Waals surface area contributed by atoms with Gasteiger partial charge in [0, 0.05) is 32.7 Å². The van der Waals surface area contributed by atoms with Gasteiger partial charge in [-0.2, -0.15) is 0 Å². The summed E-state index contributed by atoms with van der Waals surface area (Å²) in [4.78, 5) is 4.71. The van der Waals surface area contributed by atoms with Gasteiger partial charge in [-0.15, -0.1) is 0 Å². The first-order chi connectivity index (χ1) is 12.5. The zero-order valence-corrected chi connectivity index (χ0v) is 17.9. The van der Waals surface area contributed by atoms with Crippen molar-refractivity contribution in [1.82, 2.24) is 14.9 Å². The van der Waals surface area contributed by atoms with Crippen LogP contribution < -0.4 is 10.6 Å². The van der Waals surface area contributed by atoms with Gasteiger partial charge in [-0.3, -0.25) is 4.99 Å². The number of hydrogen-bond donors (Lipinski definition) is 2. The summed E-state index contributed by atoms with van der Waals surface area (Å²) in [5.74, 6) is 1.37. The molecule has 0 atom stereocenters. The van der Waals surface area contributed by atoms with Gasteiger partial charge < -0.3 is 10.6 Å². The summed E-state index contributed by atoms with van der Waals surface area (Å²) in [6, 6.07) is 0. The van der Waals surface area contributed by atoms with E-state index < -0.39 is 10.0 Å². The van der Waals surface area contributed by atoms with Crippen LogP contribution in [-0.4, -0.2) is 57.7 Å². The van der Waals surface area contributed by atoms with E-state index in [0.717, 1.165) is 38.4 Å². The number of sulfonamides is 1. The number of aliphatic imine (C=N–C) groups is 1. The minimum Gasteiger partial charge on any atom is -0.357 e. The van der Waals surface area contributed by atoms with Crippen molar-refractivity contribution in [2.45, 2.75) is 71.6 Å². The molecular formula is C19H40N4O2S. The number of piperidine rings is 1. The van der Waals surface area contributed by atoms with Gasteiger partial charge in [0.25, 0.3) is 0 Å². The van der Waals surface area contributed by atoms with E-state index in [1.165, 1.54) is 51.2 Å². The molecule has 1 fully saturated rings. The van der Waals surface area contributed by atoms with Crippen LogP contribution >= 0.6 is 0 Å². The van der Waals surface area contributed by atoms with Crippen molar-refractivity contribution in [1.29, 1.82) is 0 Å². The standard InChI is InChI=1S/C19H40N4O2S/c1-4-6-7-8-9-10-11-14-21-19(20-5-2)22-17-18-12-15-23(16-13-18)26(3,24)25/h18H,4-17H2,1-3H3,(H2,20,21,22). The summed E-state index contributed by atoms with van der Waals surface area (Å²) in [6.07, 6.45) is 12.3. The fraction of sp³-hybridized carbons (Fsp3) is 0.947. The normalized spacial score (nSPS) is 17.4. The van der Waals surface area contributed by atoms with Gasteiger partial charge in [0.1, 0.15) is 0 Å². The van der Waals surface area contributed by atoms with Gasteiger partial charge >= 0.3 is 0 Å². The van der Waals surface area contributed by atoms with E-state index in [9.17, 15) is 8.42 Å². The topological polar surface area (TPSA) is 73.8 Å².